The Labute approximate surface area is 191 Å². The van der Waals surface area contributed by atoms with Crippen LogP contribution in [0.2, 0.25) is 0 Å². The van der Waals surface area contributed by atoms with Gasteiger partial charge in [0.1, 0.15) is 17.2 Å². The molecule has 1 unspecified atom stereocenters. The highest BCUT2D eigenvalue weighted by atomic mass is 32.1. The van der Waals surface area contributed by atoms with Gasteiger partial charge in [-0.25, -0.2) is 4.79 Å². The molecule has 1 atom stereocenters. The van der Waals surface area contributed by atoms with Gasteiger partial charge in [-0.05, 0) is 46.9 Å². The smallest absolute Gasteiger partial charge is 0.407 e. The number of nitriles is 1. The fraction of sp³-hybridized carbons (Fsp3) is 0.286. The molecule has 0 fully saturated rings. The van der Waals surface area contributed by atoms with Gasteiger partial charge in [0.15, 0.2) is 0 Å². The number of aromatic nitrogens is 2. The van der Waals surface area contributed by atoms with E-state index in [0.717, 1.165) is 16.0 Å². The third kappa shape index (κ3) is 5.22. The molecule has 0 spiro atoms. The monoisotopic (exact) mass is 469 g/mol. The zero-order valence-electron chi connectivity index (χ0n) is 17.1. The Kier molecular flexibility index (Phi) is 6.63. The Morgan fingerprint density at radius 3 is 3.03 bits per heavy atom. The molecule has 0 aromatic carbocycles. The lowest BCUT2D eigenvalue weighted by atomic mass is 9.94. The van der Waals surface area contributed by atoms with Crippen molar-refractivity contribution in [3.63, 3.8) is 0 Å². The second-order valence-corrected chi connectivity index (χ2v) is 8.92. The van der Waals surface area contributed by atoms with E-state index in [4.69, 9.17) is 9.15 Å². The highest BCUT2D eigenvalue weighted by molar-refractivity contribution is 7.16. The van der Waals surface area contributed by atoms with E-state index in [0.29, 0.717) is 41.6 Å². The number of aryl methyl sites for hydroxylation is 1. The number of nitrogens with one attached hydrogen (secondary N) is 2. The minimum Gasteiger partial charge on any atom is -0.446 e. The summed E-state index contributed by atoms with van der Waals surface area (Å²) in [6.07, 6.45) is 3.96. The highest BCUT2D eigenvalue weighted by Gasteiger charge is 2.28. The van der Waals surface area contributed by atoms with E-state index in [9.17, 15) is 14.9 Å². The number of hydrogen-bond donors (Lipinski definition) is 2. The lowest BCUT2D eigenvalue weighted by molar-refractivity contribution is -0.111. The Morgan fingerprint density at radius 1 is 1.44 bits per heavy atom. The summed E-state index contributed by atoms with van der Waals surface area (Å²) in [7, 11) is 0. The molecule has 0 radical (unpaired) electrons. The molecule has 0 bridgehead atoms. The van der Waals surface area contributed by atoms with Crippen LogP contribution >= 0.6 is 22.7 Å². The maximum atomic E-state index is 12.3. The van der Waals surface area contributed by atoms with Gasteiger partial charge in [-0.15, -0.1) is 21.5 Å². The number of amides is 2. The summed E-state index contributed by atoms with van der Waals surface area (Å²) in [5.41, 5.74) is 2.34. The minimum absolute atomic E-state index is 0.0876. The number of fused-ring (bicyclic) bond motifs is 1. The average Bonchev–Trinajstić information content (AvgIpc) is 3.50. The van der Waals surface area contributed by atoms with Crippen LogP contribution in [-0.4, -0.2) is 28.3 Å². The Morgan fingerprint density at radius 2 is 2.31 bits per heavy atom. The fourth-order valence-corrected chi connectivity index (χ4v) is 5.20. The van der Waals surface area contributed by atoms with Gasteiger partial charge in [0.25, 0.3) is 0 Å². The summed E-state index contributed by atoms with van der Waals surface area (Å²) < 4.78 is 10.7. The molecule has 1 aliphatic rings. The zero-order chi connectivity index (χ0) is 22.5. The lowest BCUT2D eigenvalue weighted by Gasteiger charge is -2.22. The van der Waals surface area contributed by atoms with Crippen molar-refractivity contribution in [1.29, 1.82) is 5.26 Å². The number of ether oxygens (including phenoxy) is 1. The molecule has 3 aromatic heterocycles. The van der Waals surface area contributed by atoms with Gasteiger partial charge >= 0.3 is 6.09 Å². The van der Waals surface area contributed by atoms with Crippen LogP contribution in [0.1, 0.15) is 39.8 Å². The topological polar surface area (TPSA) is 130 Å². The second-order valence-electron chi connectivity index (χ2n) is 7.04. The largest absolute Gasteiger partial charge is 0.446 e. The van der Waals surface area contributed by atoms with Crippen LogP contribution < -0.4 is 10.6 Å². The van der Waals surface area contributed by atoms with E-state index in [1.807, 2.05) is 16.8 Å². The van der Waals surface area contributed by atoms with Crippen molar-refractivity contribution < 1.29 is 18.7 Å². The molecule has 1 aliphatic carbocycles. The van der Waals surface area contributed by atoms with Crippen LogP contribution in [0.15, 0.2) is 27.3 Å². The van der Waals surface area contributed by atoms with Crippen LogP contribution in [0.25, 0.3) is 6.08 Å². The van der Waals surface area contributed by atoms with E-state index in [2.05, 4.69) is 26.9 Å². The van der Waals surface area contributed by atoms with Crippen LogP contribution in [0.5, 0.6) is 0 Å². The van der Waals surface area contributed by atoms with E-state index < -0.39 is 6.09 Å². The predicted molar refractivity (Wildman–Crippen MR) is 119 cm³/mol. The highest BCUT2D eigenvalue weighted by Crippen LogP contribution is 2.38. The number of alkyl carbamates (subject to hydrolysis) is 1. The van der Waals surface area contributed by atoms with Crippen molar-refractivity contribution in [2.75, 3.05) is 5.32 Å². The Hall–Kier alpha value is -3.49. The van der Waals surface area contributed by atoms with Crippen molar-refractivity contribution in [1.82, 2.24) is 15.5 Å². The number of carbonyl (C=O) groups excluding carboxylic acids is 2. The van der Waals surface area contributed by atoms with Crippen molar-refractivity contribution in [2.24, 2.45) is 0 Å². The van der Waals surface area contributed by atoms with Gasteiger partial charge in [-0.2, -0.15) is 16.6 Å². The number of rotatable bonds is 6. The average molecular weight is 470 g/mol. The van der Waals surface area contributed by atoms with Crippen molar-refractivity contribution in [3.8, 4) is 6.07 Å². The number of nitrogens with zero attached hydrogens (tertiary/aromatic N) is 3. The first-order valence-electron chi connectivity index (χ1n) is 9.81. The SMILES string of the molecule is Cc1nnc(CNC(=O)OC2CCc3c(sc(NC(=O)C=Cc4ccsc4)c3C#N)C2)o1. The standard InChI is InChI=1S/C21H19N5O4S2/c1-12-25-26-19(29-12)10-23-21(28)30-14-3-4-15-16(9-22)20(32-17(15)8-14)24-18(27)5-2-13-6-7-31-11-13/h2,5-7,11,14H,3-4,8,10H2,1H3,(H,23,28)(H,24,27). The molecule has 32 heavy (non-hydrogen) atoms. The molecular weight excluding hydrogens is 450 g/mol. The summed E-state index contributed by atoms with van der Waals surface area (Å²) in [4.78, 5) is 25.3. The summed E-state index contributed by atoms with van der Waals surface area (Å²) in [5, 5.41) is 26.9. The van der Waals surface area contributed by atoms with Crippen LogP contribution in [0.3, 0.4) is 0 Å². The van der Waals surface area contributed by atoms with Crippen LogP contribution in [-0.2, 0) is 28.9 Å². The minimum atomic E-state index is -0.571. The molecular formula is C21H19N5O4S2. The maximum absolute atomic E-state index is 12.3. The molecule has 0 saturated heterocycles. The summed E-state index contributed by atoms with van der Waals surface area (Å²) in [6.45, 7) is 1.76. The van der Waals surface area contributed by atoms with Gasteiger partial charge in [-0.3, -0.25) is 4.79 Å². The molecule has 11 heteroatoms. The quantitative estimate of drug-likeness (QED) is 0.525. The van der Waals surface area contributed by atoms with Crippen LogP contribution in [0, 0.1) is 18.3 Å². The number of carbonyl (C=O) groups is 2. The molecule has 4 rings (SSSR count). The molecule has 0 saturated carbocycles. The lowest BCUT2D eigenvalue weighted by Crippen LogP contribution is -2.31. The van der Waals surface area contributed by atoms with Gasteiger partial charge in [0.05, 0.1) is 12.1 Å². The number of thiophene rings is 2. The Bertz CT molecular complexity index is 1190. The first-order valence-corrected chi connectivity index (χ1v) is 11.6. The molecule has 3 aromatic rings. The van der Waals surface area contributed by atoms with Crippen molar-refractivity contribution in [3.05, 3.63) is 56.3 Å². The van der Waals surface area contributed by atoms with E-state index in [-0.39, 0.29) is 18.6 Å². The summed E-state index contributed by atoms with van der Waals surface area (Å²) in [6, 6.07) is 4.12. The van der Waals surface area contributed by atoms with Gasteiger partial charge < -0.3 is 19.8 Å². The molecule has 2 N–H and O–H groups in total. The first kappa shape index (κ1) is 21.7. The third-order valence-electron chi connectivity index (χ3n) is 4.76. The molecule has 0 aliphatic heterocycles. The molecule has 3 heterocycles. The van der Waals surface area contributed by atoms with E-state index >= 15 is 0 Å². The number of anilines is 1. The van der Waals surface area contributed by atoms with Crippen molar-refractivity contribution in [2.45, 2.75) is 38.8 Å². The normalized spacial score (nSPS) is 15.2. The molecule has 164 valence electrons. The van der Waals surface area contributed by atoms with Crippen molar-refractivity contribution >= 4 is 45.8 Å². The summed E-state index contributed by atoms with van der Waals surface area (Å²) >= 11 is 2.90. The second kappa shape index (κ2) is 9.76. The zero-order valence-corrected chi connectivity index (χ0v) is 18.7. The fourth-order valence-electron chi connectivity index (χ4n) is 3.31. The summed E-state index contributed by atoms with van der Waals surface area (Å²) in [5.74, 6) is 0.427. The molecule has 2 amide bonds. The van der Waals surface area contributed by atoms with Gasteiger partial charge in [0, 0.05) is 24.3 Å². The van der Waals surface area contributed by atoms with Crippen LogP contribution in [0.4, 0.5) is 9.80 Å². The van der Waals surface area contributed by atoms with Gasteiger partial charge in [-0.1, -0.05) is 0 Å². The van der Waals surface area contributed by atoms with Gasteiger partial charge in [0.2, 0.25) is 17.7 Å². The number of hydrogen-bond acceptors (Lipinski definition) is 9. The Balaban J connectivity index is 1.35. The third-order valence-corrected chi connectivity index (χ3v) is 6.64. The predicted octanol–water partition coefficient (Wildman–Crippen LogP) is 3.81. The van der Waals surface area contributed by atoms with E-state index in [1.54, 1.807) is 24.3 Å². The molecule has 9 nitrogen and oxygen atoms in total. The van der Waals surface area contributed by atoms with E-state index in [1.165, 1.54) is 17.4 Å². The first-order chi connectivity index (χ1) is 15.5. The maximum Gasteiger partial charge on any atom is 0.407 e.